The van der Waals surface area contributed by atoms with Crippen LogP contribution in [-0.2, 0) is 33.6 Å². The number of methoxy groups -OCH3 is 1. The summed E-state index contributed by atoms with van der Waals surface area (Å²) < 4.78 is 49.2. The molecular formula is C35H49N5O10S. The number of ether oxygens (including phenoxy) is 3. The van der Waals surface area contributed by atoms with Crippen LogP contribution in [0.1, 0.15) is 80.6 Å². The summed E-state index contributed by atoms with van der Waals surface area (Å²) in [7, 11) is -2.83. The van der Waals surface area contributed by atoms with E-state index in [1.165, 1.54) is 4.90 Å². The summed E-state index contributed by atoms with van der Waals surface area (Å²) in [6.07, 6.45) is 1.45. The van der Waals surface area contributed by atoms with Crippen molar-refractivity contribution in [2.75, 3.05) is 13.7 Å². The lowest BCUT2D eigenvalue weighted by Crippen LogP contribution is -2.60. The molecule has 5 atom stereocenters. The minimum Gasteiger partial charge on any atom is -0.497 e. The maximum atomic E-state index is 14.4. The summed E-state index contributed by atoms with van der Waals surface area (Å²) in [6, 6.07) is 4.96. The van der Waals surface area contributed by atoms with Gasteiger partial charge in [-0.3, -0.25) is 18.6 Å². The van der Waals surface area contributed by atoms with Crippen LogP contribution in [0.3, 0.4) is 0 Å². The molecule has 15 nitrogen and oxygen atoms in total. The van der Waals surface area contributed by atoms with Gasteiger partial charge in [0.05, 0.1) is 19.8 Å². The Hall–Kier alpha value is -4.18. The zero-order chi connectivity index (χ0) is 37.5. The SMILES string of the molecule is CC[C@@H]1C[C@]1(NC(=O)[C@@H]1C[C@@H](Oc2nccc3cc(OC)ccc23)CN1C(=O)[C@@H](NC(=O)OC(C)(C)C)C(C)(C)C)C(=O)NS(=O)(=O)OC1CC1. The molecule has 5 rings (SSSR count). The molecule has 1 aliphatic heterocycles. The molecule has 16 heteroatoms. The molecule has 3 aliphatic rings. The smallest absolute Gasteiger partial charge is 0.408 e. The molecule has 3 N–H and O–H groups in total. The van der Waals surface area contributed by atoms with Crippen molar-refractivity contribution < 1.29 is 46.0 Å². The Bertz CT molecular complexity index is 1780. The summed E-state index contributed by atoms with van der Waals surface area (Å²) in [4.78, 5) is 60.8. The normalized spacial score (nSPS) is 24.0. The molecule has 2 saturated carbocycles. The van der Waals surface area contributed by atoms with E-state index >= 15 is 0 Å². The quantitative estimate of drug-likeness (QED) is 0.290. The van der Waals surface area contributed by atoms with Gasteiger partial charge in [-0.15, -0.1) is 0 Å². The van der Waals surface area contributed by atoms with Crippen molar-refractivity contribution in [3.63, 3.8) is 0 Å². The number of likely N-dealkylation sites (tertiary alicyclic amines) is 1. The third-order valence-electron chi connectivity index (χ3n) is 9.19. The summed E-state index contributed by atoms with van der Waals surface area (Å²) in [5, 5.41) is 7.00. The van der Waals surface area contributed by atoms with E-state index in [2.05, 4.69) is 15.6 Å². The monoisotopic (exact) mass is 731 g/mol. The first-order valence-corrected chi connectivity index (χ1v) is 18.6. The van der Waals surface area contributed by atoms with Crippen molar-refractivity contribution in [2.24, 2.45) is 11.3 Å². The Morgan fingerprint density at radius 1 is 1.06 bits per heavy atom. The zero-order valence-electron chi connectivity index (χ0n) is 30.4. The number of hydrogen-bond donors (Lipinski definition) is 3. The molecule has 4 amide bonds. The van der Waals surface area contributed by atoms with E-state index in [9.17, 15) is 27.6 Å². The van der Waals surface area contributed by atoms with Crippen LogP contribution in [0.4, 0.5) is 4.79 Å². The Balaban J connectivity index is 1.43. The van der Waals surface area contributed by atoms with Crippen molar-refractivity contribution >= 4 is 44.9 Å². The molecule has 2 heterocycles. The molecule has 1 aromatic heterocycles. The van der Waals surface area contributed by atoms with Gasteiger partial charge in [0, 0.05) is 18.0 Å². The van der Waals surface area contributed by atoms with E-state index in [-0.39, 0.29) is 31.2 Å². The second-order valence-corrected chi connectivity index (χ2v) is 16.9. The number of aromatic nitrogens is 1. The minimum atomic E-state index is -4.39. The fourth-order valence-electron chi connectivity index (χ4n) is 6.31. The minimum absolute atomic E-state index is 0.0205. The van der Waals surface area contributed by atoms with Gasteiger partial charge in [-0.25, -0.2) is 14.5 Å². The number of carbonyl (C=O) groups is 4. The third-order valence-corrected chi connectivity index (χ3v) is 10.2. The maximum Gasteiger partial charge on any atom is 0.408 e. The number of fused-ring (bicyclic) bond motifs is 1. The number of nitrogens with one attached hydrogen (secondary N) is 3. The second-order valence-electron chi connectivity index (χ2n) is 15.6. The molecular weight excluding hydrogens is 682 g/mol. The highest BCUT2D eigenvalue weighted by atomic mass is 32.2. The van der Waals surface area contributed by atoms with Gasteiger partial charge in [0.15, 0.2) is 0 Å². The highest BCUT2D eigenvalue weighted by molar-refractivity contribution is 7.85. The largest absolute Gasteiger partial charge is 0.497 e. The number of carbonyl (C=O) groups excluding carboxylic acids is 4. The van der Waals surface area contributed by atoms with Gasteiger partial charge in [0.25, 0.3) is 5.91 Å². The van der Waals surface area contributed by atoms with Gasteiger partial charge in [0.1, 0.15) is 35.1 Å². The lowest BCUT2D eigenvalue weighted by Gasteiger charge is -2.36. The number of alkyl carbamates (subject to hydrolysis) is 1. The van der Waals surface area contributed by atoms with Crippen molar-refractivity contribution in [3.8, 4) is 11.6 Å². The molecule has 3 fully saturated rings. The number of hydrogen-bond acceptors (Lipinski definition) is 11. The molecule has 0 spiro atoms. The zero-order valence-corrected chi connectivity index (χ0v) is 31.2. The molecule has 280 valence electrons. The molecule has 0 bridgehead atoms. The van der Waals surface area contributed by atoms with Gasteiger partial charge in [0.2, 0.25) is 17.7 Å². The standard InChI is InChI=1S/C35H49N5O10S/c1-9-21-18-35(21,31(43)39-51(45,46)50-22-10-11-22)38-28(41)26-17-24(48-29-25-13-12-23(47-8)16-20(25)14-15-36-29)19-40(26)30(42)27(33(2,3)4)37-32(44)49-34(5,6)7/h12-16,21-22,24,26-27H,9-11,17-19H2,1-8H3,(H,37,44)(H,38,41)(H,39,43)/t21-,24-,26+,27-,35-/m1/s1. The van der Waals surface area contributed by atoms with E-state index in [4.69, 9.17) is 18.4 Å². The molecule has 1 saturated heterocycles. The van der Waals surface area contributed by atoms with Crippen LogP contribution in [-0.4, -0.2) is 91.2 Å². The van der Waals surface area contributed by atoms with Gasteiger partial charge in [-0.1, -0.05) is 34.1 Å². The van der Waals surface area contributed by atoms with Gasteiger partial charge >= 0.3 is 16.4 Å². The summed E-state index contributed by atoms with van der Waals surface area (Å²) >= 11 is 0. The average molecular weight is 732 g/mol. The van der Waals surface area contributed by atoms with Gasteiger partial charge < -0.3 is 29.7 Å². The second kappa shape index (κ2) is 14.1. The van der Waals surface area contributed by atoms with Crippen LogP contribution in [0.5, 0.6) is 11.6 Å². The lowest BCUT2D eigenvalue weighted by atomic mass is 9.85. The fraction of sp³-hybridized carbons (Fsp3) is 0.629. The Morgan fingerprint density at radius 2 is 1.76 bits per heavy atom. The molecule has 1 aromatic carbocycles. The van der Waals surface area contributed by atoms with E-state index in [1.807, 2.05) is 23.8 Å². The van der Waals surface area contributed by atoms with E-state index in [0.29, 0.717) is 30.4 Å². The van der Waals surface area contributed by atoms with E-state index < -0.39 is 75.0 Å². The van der Waals surface area contributed by atoms with E-state index in [0.717, 1.165) is 5.39 Å². The van der Waals surface area contributed by atoms with Gasteiger partial charge in [-0.2, -0.15) is 8.42 Å². The summed E-state index contributed by atoms with van der Waals surface area (Å²) in [5.74, 6) is -1.53. The Labute approximate surface area is 298 Å². The Morgan fingerprint density at radius 3 is 2.35 bits per heavy atom. The fourth-order valence-corrected chi connectivity index (χ4v) is 7.32. The highest BCUT2D eigenvalue weighted by Gasteiger charge is 2.62. The first-order chi connectivity index (χ1) is 23.7. The Kier molecular flexibility index (Phi) is 10.5. The summed E-state index contributed by atoms with van der Waals surface area (Å²) in [6.45, 7) is 12.2. The predicted octanol–water partition coefficient (Wildman–Crippen LogP) is 3.36. The number of amides is 4. The molecule has 2 aromatic rings. The summed E-state index contributed by atoms with van der Waals surface area (Å²) in [5.41, 5.74) is -3.16. The molecule has 0 unspecified atom stereocenters. The first kappa shape index (κ1) is 38.1. The highest BCUT2D eigenvalue weighted by Crippen LogP contribution is 2.46. The number of nitrogens with zero attached hydrogens (tertiary/aromatic N) is 2. The lowest BCUT2D eigenvalue weighted by molar-refractivity contribution is -0.143. The van der Waals surface area contributed by atoms with Crippen molar-refractivity contribution in [1.82, 2.24) is 25.2 Å². The first-order valence-electron chi connectivity index (χ1n) is 17.2. The van der Waals surface area contributed by atoms with Crippen molar-refractivity contribution in [2.45, 2.75) is 116 Å². The van der Waals surface area contributed by atoms with Crippen LogP contribution in [0.15, 0.2) is 30.5 Å². The topological polar surface area (TPSA) is 192 Å². The third kappa shape index (κ3) is 9.01. The predicted molar refractivity (Wildman–Crippen MR) is 186 cm³/mol. The van der Waals surface area contributed by atoms with Crippen molar-refractivity contribution in [1.29, 1.82) is 0 Å². The average Bonchev–Trinajstić information content (AvgIpc) is 3.94. The maximum absolute atomic E-state index is 14.4. The van der Waals surface area contributed by atoms with Crippen molar-refractivity contribution in [3.05, 3.63) is 30.5 Å². The van der Waals surface area contributed by atoms with Crippen LogP contribution >= 0.6 is 0 Å². The number of rotatable bonds is 12. The number of pyridine rings is 1. The molecule has 51 heavy (non-hydrogen) atoms. The molecule has 2 aliphatic carbocycles. The number of benzene rings is 1. The van der Waals surface area contributed by atoms with E-state index in [1.54, 1.807) is 67.0 Å². The molecule has 0 radical (unpaired) electrons. The van der Waals surface area contributed by atoms with Crippen LogP contribution in [0.2, 0.25) is 0 Å². The van der Waals surface area contributed by atoms with Crippen LogP contribution < -0.4 is 24.8 Å². The van der Waals surface area contributed by atoms with Crippen LogP contribution in [0, 0.1) is 11.3 Å². The van der Waals surface area contributed by atoms with Gasteiger partial charge in [-0.05, 0) is 81.0 Å². The van der Waals surface area contributed by atoms with Crippen LogP contribution in [0.25, 0.3) is 10.8 Å².